The van der Waals surface area contributed by atoms with Gasteiger partial charge in [0.15, 0.2) is 6.61 Å². The Balaban J connectivity index is 1.81. The van der Waals surface area contributed by atoms with Crippen LogP contribution in [0, 0.1) is 5.82 Å². The Hall–Kier alpha value is -2.60. The lowest BCUT2D eigenvalue weighted by molar-refractivity contribution is -0.123. The van der Waals surface area contributed by atoms with Crippen molar-refractivity contribution in [3.63, 3.8) is 0 Å². The number of benzene rings is 2. The summed E-state index contributed by atoms with van der Waals surface area (Å²) in [6.07, 6.45) is 0. The number of carbonyl (C=O) groups is 2. The van der Waals surface area contributed by atoms with Gasteiger partial charge >= 0.3 is 0 Å². The summed E-state index contributed by atoms with van der Waals surface area (Å²) in [5.41, 5.74) is 4.06. The molecule has 22 heavy (non-hydrogen) atoms. The van der Waals surface area contributed by atoms with E-state index in [9.17, 15) is 14.0 Å². The second-order valence-electron chi connectivity index (χ2n) is 4.23. The van der Waals surface area contributed by atoms with E-state index >= 15 is 0 Å². The minimum atomic E-state index is -0.755. The van der Waals surface area contributed by atoms with Gasteiger partial charge in [-0.25, -0.2) is 4.39 Å². The van der Waals surface area contributed by atoms with Gasteiger partial charge < -0.3 is 4.74 Å². The van der Waals surface area contributed by atoms with Crippen LogP contribution in [0.1, 0.15) is 10.4 Å². The Morgan fingerprint density at radius 1 is 1.09 bits per heavy atom. The quantitative estimate of drug-likeness (QED) is 0.849. The van der Waals surface area contributed by atoms with Gasteiger partial charge in [0.2, 0.25) is 0 Å². The molecule has 114 valence electrons. The molecule has 0 spiro atoms. The molecule has 0 aliphatic carbocycles. The van der Waals surface area contributed by atoms with Gasteiger partial charge in [0.05, 0.1) is 5.56 Å². The molecule has 0 aliphatic rings. The molecule has 2 N–H and O–H groups in total. The van der Waals surface area contributed by atoms with Crippen molar-refractivity contribution in [1.82, 2.24) is 10.9 Å². The maximum Gasteiger partial charge on any atom is 0.276 e. The highest BCUT2D eigenvalue weighted by atomic mass is 35.5. The van der Waals surface area contributed by atoms with Gasteiger partial charge in [-0.3, -0.25) is 20.4 Å². The number of carbonyl (C=O) groups excluding carboxylic acids is 2. The fourth-order valence-electron chi connectivity index (χ4n) is 1.58. The number of nitrogens with one attached hydrogen (secondary N) is 2. The molecule has 0 aromatic heterocycles. The van der Waals surface area contributed by atoms with Gasteiger partial charge in [-0.2, -0.15) is 0 Å². The highest BCUT2D eigenvalue weighted by Crippen LogP contribution is 2.16. The van der Waals surface area contributed by atoms with Crippen LogP contribution in [0.25, 0.3) is 0 Å². The number of amides is 2. The zero-order valence-electron chi connectivity index (χ0n) is 11.3. The molecule has 2 aromatic carbocycles. The molecule has 0 unspecified atom stereocenters. The lowest BCUT2D eigenvalue weighted by Gasteiger charge is -2.09. The predicted molar refractivity (Wildman–Crippen MR) is 79.0 cm³/mol. The second-order valence-corrected chi connectivity index (χ2v) is 4.66. The highest BCUT2D eigenvalue weighted by molar-refractivity contribution is 6.30. The van der Waals surface area contributed by atoms with Gasteiger partial charge in [-0.05, 0) is 30.3 Å². The summed E-state index contributed by atoms with van der Waals surface area (Å²) in [4.78, 5) is 23.2. The molecular formula is C15H12ClFN2O3. The predicted octanol–water partition coefficient (Wildman–Crippen LogP) is 2.32. The van der Waals surface area contributed by atoms with Gasteiger partial charge in [0, 0.05) is 5.02 Å². The van der Waals surface area contributed by atoms with Crippen LogP contribution in [0.4, 0.5) is 4.39 Å². The third-order valence-corrected chi connectivity index (χ3v) is 2.84. The van der Waals surface area contributed by atoms with Crippen LogP contribution in [0.2, 0.25) is 5.02 Å². The largest absolute Gasteiger partial charge is 0.484 e. The third-order valence-electron chi connectivity index (χ3n) is 2.60. The van der Waals surface area contributed by atoms with E-state index in [4.69, 9.17) is 16.3 Å². The zero-order chi connectivity index (χ0) is 15.9. The first-order chi connectivity index (χ1) is 10.6. The minimum absolute atomic E-state index is 0.168. The number of ether oxygens (including phenoxy) is 1. The summed E-state index contributed by atoms with van der Waals surface area (Å²) in [6, 6.07) is 12.0. The molecule has 0 aliphatic heterocycles. The Kier molecular flexibility index (Phi) is 5.32. The van der Waals surface area contributed by atoms with Crippen molar-refractivity contribution in [3.8, 4) is 5.75 Å². The molecule has 0 saturated heterocycles. The van der Waals surface area contributed by atoms with E-state index in [1.807, 2.05) is 0 Å². The Morgan fingerprint density at radius 2 is 1.86 bits per heavy atom. The van der Waals surface area contributed by atoms with Crippen molar-refractivity contribution in [1.29, 1.82) is 0 Å². The molecule has 0 radical (unpaired) electrons. The van der Waals surface area contributed by atoms with Crippen molar-refractivity contribution in [2.24, 2.45) is 0 Å². The van der Waals surface area contributed by atoms with Crippen LogP contribution in [0.5, 0.6) is 5.75 Å². The molecule has 2 rings (SSSR count). The highest BCUT2D eigenvalue weighted by Gasteiger charge is 2.11. The first-order valence-electron chi connectivity index (χ1n) is 6.28. The van der Waals surface area contributed by atoms with Crippen molar-refractivity contribution >= 4 is 23.4 Å². The number of halogens is 2. The van der Waals surface area contributed by atoms with E-state index in [1.54, 1.807) is 24.3 Å². The van der Waals surface area contributed by atoms with Gasteiger partial charge in [0.25, 0.3) is 11.8 Å². The van der Waals surface area contributed by atoms with Crippen LogP contribution < -0.4 is 15.6 Å². The molecule has 2 amide bonds. The molecule has 5 nitrogen and oxygen atoms in total. The number of hydrazine groups is 1. The minimum Gasteiger partial charge on any atom is -0.484 e. The summed E-state index contributed by atoms with van der Waals surface area (Å²) in [5.74, 6) is -1.61. The normalized spacial score (nSPS) is 9.91. The van der Waals surface area contributed by atoms with Gasteiger partial charge in [-0.1, -0.05) is 29.8 Å². The third kappa shape index (κ3) is 4.46. The molecule has 0 heterocycles. The summed E-state index contributed by atoms with van der Waals surface area (Å²) in [6.45, 7) is -0.322. The van der Waals surface area contributed by atoms with Gasteiger partial charge in [0.1, 0.15) is 11.6 Å². The molecule has 0 atom stereocenters. The summed E-state index contributed by atoms with van der Waals surface area (Å²) in [7, 11) is 0. The second kappa shape index (κ2) is 7.42. The van der Waals surface area contributed by atoms with Crippen molar-refractivity contribution < 1.29 is 18.7 Å². The molecule has 0 fully saturated rings. The van der Waals surface area contributed by atoms with E-state index in [0.29, 0.717) is 10.8 Å². The maximum atomic E-state index is 13.4. The fraction of sp³-hybridized carbons (Fsp3) is 0.0667. The lowest BCUT2D eigenvalue weighted by Crippen LogP contribution is -2.44. The SMILES string of the molecule is O=C(COc1cccc(Cl)c1)NNC(=O)c1ccccc1F. The van der Waals surface area contributed by atoms with Crippen molar-refractivity contribution in [3.05, 3.63) is 64.9 Å². The van der Waals surface area contributed by atoms with E-state index in [1.165, 1.54) is 18.2 Å². The number of rotatable bonds is 4. The Morgan fingerprint density at radius 3 is 2.59 bits per heavy atom. The molecule has 7 heteroatoms. The first kappa shape index (κ1) is 15.8. The molecule has 0 saturated carbocycles. The summed E-state index contributed by atoms with van der Waals surface area (Å²) in [5, 5.41) is 0.478. The topological polar surface area (TPSA) is 67.4 Å². The Labute approximate surface area is 131 Å². The fourth-order valence-corrected chi connectivity index (χ4v) is 1.76. The summed E-state index contributed by atoms with van der Waals surface area (Å²) >= 11 is 5.77. The number of hydrogen-bond donors (Lipinski definition) is 2. The van der Waals surface area contributed by atoms with Crippen LogP contribution >= 0.6 is 11.6 Å². The Bertz CT molecular complexity index is 694. The maximum absolute atomic E-state index is 13.4. The van der Waals surface area contributed by atoms with E-state index < -0.39 is 17.6 Å². The number of hydrogen-bond acceptors (Lipinski definition) is 3. The average Bonchev–Trinajstić information content (AvgIpc) is 2.51. The van der Waals surface area contributed by atoms with Crippen LogP contribution in [-0.4, -0.2) is 18.4 Å². The summed E-state index contributed by atoms with van der Waals surface area (Å²) < 4.78 is 18.5. The van der Waals surface area contributed by atoms with E-state index in [2.05, 4.69) is 10.9 Å². The zero-order valence-corrected chi connectivity index (χ0v) is 12.1. The van der Waals surface area contributed by atoms with Gasteiger partial charge in [-0.15, -0.1) is 0 Å². The monoisotopic (exact) mass is 322 g/mol. The van der Waals surface area contributed by atoms with Crippen molar-refractivity contribution in [2.75, 3.05) is 6.61 Å². The first-order valence-corrected chi connectivity index (χ1v) is 6.66. The van der Waals surface area contributed by atoms with Crippen LogP contribution in [-0.2, 0) is 4.79 Å². The van der Waals surface area contributed by atoms with E-state index in [-0.39, 0.29) is 12.2 Å². The molecule has 0 bridgehead atoms. The van der Waals surface area contributed by atoms with Crippen LogP contribution in [0.15, 0.2) is 48.5 Å². The van der Waals surface area contributed by atoms with E-state index in [0.717, 1.165) is 6.07 Å². The lowest BCUT2D eigenvalue weighted by atomic mass is 10.2. The van der Waals surface area contributed by atoms with Crippen LogP contribution in [0.3, 0.4) is 0 Å². The van der Waals surface area contributed by atoms with Crippen molar-refractivity contribution in [2.45, 2.75) is 0 Å². The molecule has 2 aromatic rings. The average molecular weight is 323 g/mol. The molecular weight excluding hydrogens is 311 g/mol. The standard InChI is InChI=1S/C15H12ClFN2O3/c16-10-4-3-5-11(8-10)22-9-14(20)18-19-15(21)12-6-1-2-7-13(12)17/h1-8H,9H2,(H,18,20)(H,19,21). The smallest absolute Gasteiger partial charge is 0.276 e.